The molecule has 1 aromatic rings. The van der Waals surface area contributed by atoms with Gasteiger partial charge in [-0.25, -0.2) is 0 Å². The number of rotatable bonds is 4. The van der Waals surface area contributed by atoms with Gasteiger partial charge in [-0.3, -0.25) is 4.90 Å². The molecule has 104 valence electrons. The van der Waals surface area contributed by atoms with E-state index in [4.69, 9.17) is 0 Å². The third kappa shape index (κ3) is 2.79. The lowest BCUT2D eigenvalue weighted by atomic mass is 10.0. The Kier molecular flexibility index (Phi) is 3.53. The fourth-order valence-corrected chi connectivity index (χ4v) is 3.43. The second kappa shape index (κ2) is 5.16. The molecule has 2 unspecified atom stereocenters. The van der Waals surface area contributed by atoms with E-state index in [2.05, 4.69) is 55.3 Å². The van der Waals surface area contributed by atoms with E-state index in [-0.39, 0.29) is 0 Å². The Morgan fingerprint density at radius 1 is 1.21 bits per heavy atom. The summed E-state index contributed by atoms with van der Waals surface area (Å²) in [6, 6.07) is 11.0. The first-order chi connectivity index (χ1) is 9.15. The predicted octanol–water partition coefficient (Wildman–Crippen LogP) is 3.85. The summed E-state index contributed by atoms with van der Waals surface area (Å²) >= 11 is 0. The van der Waals surface area contributed by atoms with Crippen LogP contribution in [-0.4, -0.2) is 29.6 Å². The van der Waals surface area contributed by atoms with Crippen LogP contribution in [0.5, 0.6) is 0 Å². The minimum Gasteiger partial charge on any atom is -0.381 e. The highest BCUT2D eigenvalue weighted by Crippen LogP contribution is 2.34. The van der Waals surface area contributed by atoms with Crippen LogP contribution >= 0.6 is 0 Å². The van der Waals surface area contributed by atoms with Crippen molar-refractivity contribution >= 4 is 5.69 Å². The molecule has 0 radical (unpaired) electrons. The monoisotopic (exact) mass is 258 g/mol. The van der Waals surface area contributed by atoms with Gasteiger partial charge in [-0.2, -0.15) is 0 Å². The van der Waals surface area contributed by atoms with Crippen molar-refractivity contribution in [3.05, 3.63) is 29.8 Å². The average molecular weight is 258 g/mol. The van der Waals surface area contributed by atoms with Crippen molar-refractivity contribution in [2.24, 2.45) is 0 Å². The molecule has 1 N–H and O–H groups in total. The van der Waals surface area contributed by atoms with Gasteiger partial charge in [-0.1, -0.05) is 32.0 Å². The van der Waals surface area contributed by atoms with Crippen LogP contribution in [0, 0.1) is 0 Å². The van der Waals surface area contributed by atoms with E-state index < -0.39 is 0 Å². The van der Waals surface area contributed by atoms with Gasteiger partial charge in [-0.05, 0) is 43.7 Å². The first-order valence-electron chi connectivity index (χ1n) is 7.76. The summed E-state index contributed by atoms with van der Waals surface area (Å²) in [7, 11) is 0. The summed E-state index contributed by atoms with van der Waals surface area (Å²) in [4.78, 5) is 2.70. The van der Waals surface area contributed by atoms with Gasteiger partial charge in [0.25, 0.3) is 0 Å². The first kappa shape index (κ1) is 13.0. The molecule has 3 rings (SSSR count). The van der Waals surface area contributed by atoms with Crippen LogP contribution in [0.2, 0.25) is 0 Å². The summed E-state index contributed by atoms with van der Waals surface area (Å²) < 4.78 is 0. The lowest BCUT2D eigenvalue weighted by molar-refractivity contribution is 0.257. The molecule has 19 heavy (non-hydrogen) atoms. The van der Waals surface area contributed by atoms with E-state index in [0.29, 0.717) is 12.0 Å². The molecule has 0 amide bonds. The van der Waals surface area contributed by atoms with Gasteiger partial charge >= 0.3 is 0 Å². The molecule has 1 aliphatic heterocycles. The van der Waals surface area contributed by atoms with Crippen molar-refractivity contribution < 1.29 is 0 Å². The zero-order valence-electron chi connectivity index (χ0n) is 12.4. The maximum absolute atomic E-state index is 3.79. The number of hydrogen-bond donors (Lipinski definition) is 1. The number of para-hydroxylation sites is 1. The lowest BCUT2D eigenvalue weighted by Gasteiger charge is -2.21. The number of likely N-dealkylation sites (tertiary alicyclic amines) is 1. The summed E-state index contributed by atoms with van der Waals surface area (Å²) in [6.45, 7) is 8.15. The van der Waals surface area contributed by atoms with Gasteiger partial charge in [0.1, 0.15) is 0 Å². The molecular formula is C17H26N2. The van der Waals surface area contributed by atoms with Crippen molar-refractivity contribution in [3.8, 4) is 0 Å². The molecular weight excluding hydrogens is 232 g/mol. The third-order valence-electron chi connectivity index (χ3n) is 4.58. The van der Waals surface area contributed by atoms with E-state index in [1.54, 1.807) is 0 Å². The second-order valence-electron chi connectivity index (χ2n) is 6.60. The SMILES string of the molecule is CC(C)c1ccccc1NC1CC(C)N(C2CC2)C1. The van der Waals surface area contributed by atoms with Gasteiger partial charge in [0.15, 0.2) is 0 Å². The molecule has 1 aliphatic carbocycles. The van der Waals surface area contributed by atoms with Crippen molar-refractivity contribution in [1.29, 1.82) is 0 Å². The van der Waals surface area contributed by atoms with Crippen LogP contribution in [0.15, 0.2) is 24.3 Å². The van der Waals surface area contributed by atoms with Crippen LogP contribution in [-0.2, 0) is 0 Å². The highest BCUT2D eigenvalue weighted by Gasteiger charge is 2.38. The topological polar surface area (TPSA) is 15.3 Å². The fourth-order valence-electron chi connectivity index (χ4n) is 3.43. The minimum atomic E-state index is 0.585. The van der Waals surface area contributed by atoms with Gasteiger partial charge < -0.3 is 5.32 Å². The highest BCUT2D eigenvalue weighted by atomic mass is 15.3. The van der Waals surface area contributed by atoms with Crippen molar-refractivity contribution in [1.82, 2.24) is 4.90 Å². The maximum atomic E-state index is 3.79. The second-order valence-corrected chi connectivity index (χ2v) is 6.60. The molecule has 2 nitrogen and oxygen atoms in total. The molecule has 1 saturated heterocycles. The maximum Gasteiger partial charge on any atom is 0.0403 e. The van der Waals surface area contributed by atoms with Crippen LogP contribution in [0.1, 0.15) is 51.5 Å². The minimum absolute atomic E-state index is 0.585. The molecule has 1 heterocycles. The summed E-state index contributed by atoms with van der Waals surface area (Å²) in [5.74, 6) is 0.585. The first-order valence-corrected chi connectivity index (χ1v) is 7.76. The van der Waals surface area contributed by atoms with E-state index in [1.165, 1.54) is 37.1 Å². The Labute approximate surface area is 117 Å². The van der Waals surface area contributed by atoms with Gasteiger partial charge in [0, 0.05) is 30.4 Å². The molecule has 2 heteroatoms. The highest BCUT2D eigenvalue weighted by molar-refractivity contribution is 5.53. The van der Waals surface area contributed by atoms with Gasteiger partial charge in [-0.15, -0.1) is 0 Å². The van der Waals surface area contributed by atoms with Crippen molar-refractivity contribution in [2.75, 3.05) is 11.9 Å². The van der Waals surface area contributed by atoms with Crippen LogP contribution in [0.3, 0.4) is 0 Å². The Hall–Kier alpha value is -1.02. The zero-order chi connectivity index (χ0) is 13.4. The Bertz CT molecular complexity index is 437. The summed E-state index contributed by atoms with van der Waals surface area (Å²) in [5.41, 5.74) is 2.78. The van der Waals surface area contributed by atoms with Crippen LogP contribution < -0.4 is 5.32 Å². The molecule has 2 atom stereocenters. The van der Waals surface area contributed by atoms with E-state index >= 15 is 0 Å². The van der Waals surface area contributed by atoms with E-state index in [1.807, 2.05) is 0 Å². The van der Waals surface area contributed by atoms with Crippen LogP contribution in [0.25, 0.3) is 0 Å². The fraction of sp³-hybridized carbons (Fsp3) is 0.647. The number of nitrogens with one attached hydrogen (secondary N) is 1. The number of nitrogens with zero attached hydrogens (tertiary/aromatic N) is 1. The lowest BCUT2D eigenvalue weighted by Crippen LogP contribution is -2.31. The van der Waals surface area contributed by atoms with Crippen molar-refractivity contribution in [3.63, 3.8) is 0 Å². The standard InChI is InChI=1S/C17H26N2/c1-12(2)16-6-4-5-7-17(16)18-14-10-13(3)19(11-14)15-8-9-15/h4-7,12-15,18H,8-11H2,1-3H3. The number of hydrogen-bond acceptors (Lipinski definition) is 2. The van der Waals surface area contributed by atoms with Gasteiger partial charge in [0.05, 0.1) is 0 Å². The number of benzene rings is 1. The average Bonchev–Trinajstić information content (AvgIpc) is 3.15. The molecule has 2 fully saturated rings. The van der Waals surface area contributed by atoms with Crippen molar-refractivity contribution in [2.45, 2.75) is 64.1 Å². The normalized spacial score (nSPS) is 28.0. The largest absolute Gasteiger partial charge is 0.381 e. The molecule has 0 bridgehead atoms. The summed E-state index contributed by atoms with van der Waals surface area (Å²) in [5, 5.41) is 3.79. The smallest absolute Gasteiger partial charge is 0.0403 e. The zero-order valence-corrected chi connectivity index (χ0v) is 12.4. The predicted molar refractivity (Wildman–Crippen MR) is 81.7 cm³/mol. The molecule has 0 spiro atoms. The molecule has 1 aromatic carbocycles. The third-order valence-corrected chi connectivity index (χ3v) is 4.58. The van der Waals surface area contributed by atoms with E-state index in [0.717, 1.165) is 12.1 Å². The summed E-state index contributed by atoms with van der Waals surface area (Å²) in [6.07, 6.45) is 4.11. The van der Waals surface area contributed by atoms with E-state index in [9.17, 15) is 0 Å². The molecule has 2 aliphatic rings. The Morgan fingerprint density at radius 3 is 2.63 bits per heavy atom. The molecule has 0 aromatic heterocycles. The quantitative estimate of drug-likeness (QED) is 0.882. The van der Waals surface area contributed by atoms with Crippen LogP contribution in [0.4, 0.5) is 5.69 Å². The number of anilines is 1. The Balaban J connectivity index is 1.69. The van der Waals surface area contributed by atoms with Gasteiger partial charge in [0.2, 0.25) is 0 Å². The molecule has 1 saturated carbocycles. The Morgan fingerprint density at radius 2 is 1.95 bits per heavy atom.